The van der Waals surface area contributed by atoms with E-state index in [0.29, 0.717) is 48.4 Å². The van der Waals surface area contributed by atoms with E-state index in [1.807, 2.05) is 72.8 Å². The predicted octanol–water partition coefficient (Wildman–Crippen LogP) is 6.99. The van der Waals surface area contributed by atoms with Gasteiger partial charge in [-0.2, -0.15) is 0 Å². The minimum Gasteiger partial charge on any atom is -0.352 e. The van der Waals surface area contributed by atoms with E-state index in [2.05, 4.69) is 10.6 Å². The standard InChI is InChI=1S/C41H48N4O4/c1-44(36-24-16-14-22-34(36)40(48)42-30-28-32-18-8-6-9-19-32)38(46)26-12-4-3-5-13-27-39(47)45(2)37-25-17-15-23-35(37)41(49)43-31-29-33-20-10-7-11-21-33/h6-11,14-25H,3-5,12-13,26-31H2,1-2H3,(H,42,48)(H,43,49). The average Bonchev–Trinajstić information content (AvgIpc) is 3.14. The van der Waals surface area contributed by atoms with Crippen LogP contribution in [0.5, 0.6) is 0 Å². The molecule has 0 saturated carbocycles. The summed E-state index contributed by atoms with van der Waals surface area (Å²) in [5.74, 6) is -0.470. The van der Waals surface area contributed by atoms with E-state index in [0.717, 1.165) is 56.1 Å². The Kier molecular flexibility index (Phi) is 14.6. The Labute approximate surface area is 290 Å². The number of carbonyl (C=O) groups is 4. The maximum Gasteiger partial charge on any atom is 0.253 e. The van der Waals surface area contributed by atoms with Gasteiger partial charge in [0.1, 0.15) is 0 Å². The van der Waals surface area contributed by atoms with Crippen molar-refractivity contribution >= 4 is 35.0 Å². The van der Waals surface area contributed by atoms with Crippen molar-refractivity contribution < 1.29 is 19.2 Å². The lowest BCUT2D eigenvalue weighted by molar-refractivity contribution is -0.119. The maximum absolute atomic E-state index is 13.0. The maximum atomic E-state index is 13.0. The number of hydrogen-bond acceptors (Lipinski definition) is 4. The monoisotopic (exact) mass is 660 g/mol. The second-order valence-corrected chi connectivity index (χ2v) is 12.2. The first-order valence-electron chi connectivity index (χ1n) is 17.2. The number of anilines is 2. The minimum absolute atomic E-state index is 0.0379. The van der Waals surface area contributed by atoms with E-state index in [-0.39, 0.29) is 23.6 Å². The zero-order valence-electron chi connectivity index (χ0n) is 28.7. The molecule has 2 N–H and O–H groups in total. The van der Waals surface area contributed by atoms with Crippen molar-refractivity contribution in [1.82, 2.24) is 10.6 Å². The van der Waals surface area contributed by atoms with E-state index in [1.54, 1.807) is 60.3 Å². The number of carbonyl (C=O) groups excluding carboxylic acids is 4. The number of unbranched alkanes of at least 4 members (excludes halogenated alkanes) is 4. The highest BCUT2D eigenvalue weighted by molar-refractivity contribution is 6.05. The highest BCUT2D eigenvalue weighted by Gasteiger charge is 2.19. The van der Waals surface area contributed by atoms with E-state index in [1.165, 1.54) is 0 Å². The van der Waals surface area contributed by atoms with Crippen LogP contribution in [0.1, 0.15) is 76.8 Å². The summed E-state index contributed by atoms with van der Waals surface area (Å²) in [5.41, 5.74) is 4.46. The Morgan fingerprint density at radius 1 is 0.469 bits per heavy atom. The first-order chi connectivity index (χ1) is 23.8. The fourth-order valence-electron chi connectivity index (χ4n) is 5.72. The molecule has 49 heavy (non-hydrogen) atoms. The van der Waals surface area contributed by atoms with E-state index in [4.69, 9.17) is 0 Å². The van der Waals surface area contributed by atoms with Crippen LogP contribution in [0.2, 0.25) is 0 Å². The molecule has 0 fully saturated rings. The molecule has 0 heterocycles. The van der Waals surface area contributed by atoms with Gasteiger partial charge in [0.25, 0.3) is 11.8 Å². The molecule has 4 amide bonds. The van der Waals surface area contributed by atoms with Crippen LogP contribution in [-0.4, -0.2) is 50.8 Å². The van der Waals surface area contributed by atoms with Crippen LogP contribution in [0, 0.1) is 0 Å². The van der Waals surface area contributed by atoms with Crippen LogP contribution in [0.3, 0.4) is 0 Å². The Morgan fingerprint density at radius 2 is 0.816 bits per heavy atom. The van der Waals surface area contributed by atoms with Gasteiger partial charge in [0.05, 0.1) is 22.5 Å². The topological polar surface area (TPSA) is 98.8 Å². The molecule has 8 nitrogen and oxygen atoms in total. The number of amides is 4. The van der Waals surface area contributed by atoms with Gasteiger partial charge in [-0.25, -0.2) is 0 Å². The molecular weight excluding hydrogens is 612 g/mol. The van der Waals surface area contributed by atoms with Gasteiger partial charge in [0.15, 0.2) is 0 Å². The fourth-order valence-corrected chi connectivity index (χ4v) is 5.72. The lowest BCUT2D eigenvalue weighted by Crippen LogP contribution is -2.31. The van der Waals surface area contributed by atoms with Crippen molar-refractivity contribution in [3.05, 3.63) is 131 Å². The zero-order valence-corrected chi connectivity index (χ0v) is 28.7. The summed E-state index contributed by atoms with van der Waals surface area (Å²) in [7, 11) is 3.43. The second kappa shape index (κ2) is 19.5. The zero-order chi connectivity index (χ0) is 34.8. The largest absolute Gasteiger partial charge is 0.352 e. The van der Waals surface area contributed by atoms with Crippen molar-refractivity contribution in [2.24, 2.45) is 0 Å². The lowest BCUT2D eigenvalue weighted by Gasteiger charge is -2.21. The molecule has 0 aliphatic heterocycles. The molecule has 0 atom stereocenters. The first kappa shape index (κ1) is 36.6. The Hall–Kier alpha value is -5.24. The number of hydrogen-bond donors (Lipinski definition) is 2. The number of benzene rings is 4. The highest BCUT2D eigenvalue weighted by Crippen LogP contribution is 2.22. The fraction of sp³-hybridized carbons (Fsp3) is 0.317. The average molecular weight is 661 g/mol. The van der Waals surface area contributed by atoms with Crippen LogP contribution < -0.4 is 20.4 Å². The highest BCUT2D eigenvalue weighted by atomic mass is 16.2. The lowest BCUT2D eigenvalue weighted by atomic mass is 10.1. The van der Waals surface area contributed by atoms with Crippen molar-refractivity contribution in [2.45, 2.75) is 57.8 Å². The summed E-state index contributed by atoms with van der Waals surface area (Å²) < 4.78 is 0. The Balaban J connectivity index is 1.14. The van der Waals surface area contributed by atoms with Gasteiger partial charge in [0.2, 0.25) is 11.8 Å². The van der Waals surface area contributed by atoms with Crippen LogP contribution in [-0.2, 0) is 22.4 Å². The number of rotatable bonds is 18. The van der Waals surface area contributed by atoms with Crippen molar-refractivity contribution in [3.63, 3.8) is 0 Å². The van der Waals surface area contributed by atoms with E-state index < -0.39 is 0 Å². The number of para-hydroxylation sites is 2. The number of nitrogens with one attached hydrogen (secondary N) is 2. The molecular formula is C41H48N4O4. The summed E-state index contributed by atoms with van der Waals surface area (Å²) in [4.78, 5) is 55.1. The molecule has 4 aromatic rings. The third-order valence-corrected chi connectivity index (χ3v) is 8.63. The molecule has 0 aromatic heterocycles. The van der Waals surface area contributed by atoms with E-state index in [9.17, 15) is 19.2 Å². The Bertz CT molecular complexity index is 1540. The smallest absolute Gasteiger partial charge is 0.253 e. The summed E-state index contributed by atoms with van der Waals surface area (Å²) in [6.45, 7) is 1.02. The van der Waals surface area contributed by atoms with Crippen molar-refractivity contribution in [2.75, 3.05) is 37.0 Å². The summed E-state index contributed by atoms with van der Waals surface area (Å²) >= 11 is 0. The minimum atomic E-state index is -0.197. The molecule has 0 unspecified atom stereocenters. The summed E-state index contributed by atoms with van der Waals surface area (Å²) in [5, 5.41) is 5.95. The van der Waals surface area contributed by atoms with Gasteiger partial charge in [-0.05, 0) is 61.1 Å². The van der Waals surface area contributed by atoms with Crippen molar-refractivity contribution in [3.8, 4) is 0 Å². The molecule has 4 rings (SSSR count). The molecule has 256 valence electrons. The molecule has 0 aliphatic carbocycles. The molecule has 0 saturated heterocycles. The normalized spacial score (nSPS) is 10.7. The van der Waals surface area contributed by atoms with Crippen LogP contribution in [0.15, 0.2) is 109 Å². The van der Waals surface area contributed by atoms with Gasteiger partial charge in [0, 0.05) is 40.0 Å². The second-order valence-electron chi connectivity index (χ2n) is 12.2. The predicted molar refractivity (Wildman–Crippen MR) is 197 cm³/mol. The Morgan fingerprint density at radius 3 is 1.22 bits per heavy atom. The molecule has 0 bridgehead atoms. The molecule has 4 aromatic carbocycles. The summed E-state index contributed by atoms with van der Waals surface area (Å²) in [6.07, 6.45) is 6.35. The van der Waals surface area contributed by atoms with Gasteiger partial charge in [-0.3, -0.25) is 19.2 Å². The van der Waals surface area contributed by atoms with Crippen LogP contribution in [0.4, 0.5) is 11.4 Å². The van der Waals surface area contributed by atoms with Crippen LogP contribution in [0.25, 0.3) is 0 Å². The molecule has 8 heteroatoms. The van der Waals surface area contributed by atoms with Crippen LogP contribution >= 0.6 is 0 Å². The van der Waals surface area contributed by atoms with E-state index >= 15 is 0 Å². The van der Waals surface area contributed by atoms with Gasteiger partial charge >= 0.3 is 0 Å². The molecule has 0 aliphatic rings. The van der Waals surface area contributed by atoms with Gasteiger partial charge in [-0.15, -0.1) is 0 Å². The third kappa shape index (κ3) is 11.5. The third-order valence-electron chi connectivity index (χ3n) is 8.63. The first-order valence-corrected chi connectivity index (χ1v) is 17.2. The molecule has 0 spiro atoms. The summed E-state index contributed by atoms with van der Waals surface area (Å²) in [6, 6.07) is 34.3. The SMILES string of the molecule is CN(C(=O)CCCCCCCC(=O)N(C)c1ccccc1C(=O)NCCc1ccccc1)c1ccccc1C(=O)NCCc1ccccc1. The molecule has 0 radical (unpaired) electrons. The quantitative estimate of drug-likeness (QED) is 0.113. The van der Waals surface area contributed by atoms with Crippen molar-refractivity contribution in [1.29, 1.82) is 0 Å². The van der Waals surface area contributed by atoms with Gasteiger partial charge < -0.3 is 20.4 Å². The van der Waals surface area contributed by atoms with Gasteiger partial charge in [-0.1, -0.05) is 104 Å². The number of nitrogens with zero attached hydrogens (tertiary/aromatic N) is 2.